The number of fused-ring (bicyclic) bond motifs is 3. The van der Waals surface area contributed by atoms with E-state index >= 15 is 0 Å². The highest BCUT2D eigenvalue weighted by Gasteiger charge is 2.39. The summed E-state index contributed by atoms with van der Waals surface area (Å²) in [6.07, 6.45) is 3.66. The minimum absolute atomic E-state index is 0.000212. The van der Waals surface area contributed by atoms with E-state index in [-0.39, 0.29) is 34.4 Å². The van der Waals surface area contributed by atoms with E-state index in [9.17, 15) is 5.11 Å². The van der Waals surface area contributed by atoms with Crippen molar-refractivity contribution in [3.05, 3.63) is 52.8 Å². The molecule has 0 saturated carbocycles. The van der Waals surface area contributed by atoms with Crippen LogP contribution in [0.2, 0.25) is 5.04 Å². The lowest BCUT2D eigenvalue weighted by Crippen LogP contribution is -2.50. The molecule has 3 heterocycles. The van der Waals surface area contributed by atoms with Gasteiger partial charge in [0.25, 0.3) is 0 Å². The first kappa shape index (κ1) is 24.2. The van der Waals surface area contributed by atoms with Crippen molar-refractivity contribution in [1.82, 2.24) is 9.88 Å². The summed E-state index contributed by atoms with van der Waals surface area (Å²) in [6.45, 7) is 12.7. The van der Waals surface area contributed by atoms with Gasteiger partial charge in [-0.25, -0.2) is 0 Å². The molecule has 2 aromatic rings. The molecule has 0 spiro atoms. The number of aromatic nitrogens is 1. The van der Waals surface area contributed by atoms with Crippen molar-refractivity contribution < 1.29 is 14.3 Å². The fraction of sp³-hybridized carbons (Fsp3) is 0.577. The molecule has 0 aliphatic carbocycles. The van der Waals surface area contributed by atoms with Gasteiger partial charge in [0.05, 0.1) is 12.7 Å². The number of nitrogens with zero attached hydrogens (tertiary/aromatic N) is 2. The predicted octanol–water partition coefficient (Wildman–Crippen LogP) is 4.30. The van der Waals surface area contributed by atoms with Gasteiger partial charge in [0.15, 0.2) is 11.5 Å². The summed E-state index contributed by atoms with van der Waals surface area (Å²) in [5.74, 6) is 0.905. The molecule has 1 fully saturated rings. The number of aromatic hydroxyl groups is 1. The van der Waals surface area contributed by atoms with Gasteiger partial charge in [-0.2, -0.15) is 0 Å². The fourth-order valence-electron chi connectivity index (χ4n) is 4.92. The van der Waals surface area contributed by atoms with E-state index in [1.165, 1.54) is 11.1 Å². The lowest BCUT2D eigenvalue weighted by atomic mass is 9.79. The van der Waals surface area contributed by atoms with Crippen LogP contribution in [0.1, 0.15) is 75.4 Å². The Labute approximate surface area is 200 Å². The zero-order valence-electron chi connectivity index (χ0n) is 20.7. The Kier molecular flexibility index (Phi) is 6.62. The summed E-state index contributed by atoms with van der Waals surface area (Å²) in [5.41, 5.74) is 11.0. The molecule has 2 aliphatic heterocycles. The number of nitrogens with two attached hydrogens (primary N) is 1. The number of benzene rings is 1. The van der Waals surface area contributed by atoms with Gasteiger partial charge in [-0.3, -0.25) is 9.88 Å². The van der Waals surface area contributed by atoms with Crippen LogP contribution in [-0.4, -0.2) is 51.0 Å². The predicted molar refractivity (Wildman–Crippen MR) is 132 cm³/mol. The number of phenolic OH excluding ortho intramolecular Hbond substituents is 1. The number of rotatable bonds is 5. The van der Waals surface area contributed by atoms with Crippen LogP contribution in [0.3, 0.4) is 0 Å². The van der Waals surface area contributed by atoms with Crippen LogP contribution in [0.4, 0.5) is 0 Å². The number of piperidine rings is 1. The van der Waals surface area contributed by atoms with Crippen molar-refractivity contribution in [2.24, 2.45) is 5.73 Å². The first-order chi connectivity index (χ1) is 15.5. The van der Waals surface area contributed by atoms with Crippen molar-refractivity contribution in [2.45, 2.75) is 76.1 Å². The Morgan fingerprint density at radius 2 is 1.94 bits per heavy atom. The van der Waals surface area contributed by atoms with Gasteiger partial charge < -0.3 is 20.0 Å². The van der Waals surface area contributed by atoms with Crippen molar-refractivity contribution in [2.75, 3.05) is 20.2 Å². The van der Waals surface area contributed by atoms with Crippen LogP contribution in [0.5, 0.6) is 11.5 Å². The highest BCUT2D eigenvalue weighted by Crippen LogP contribution is 2.44. The third-order valence-corrected chi connectivity index (χ3v) is 8.05. The van der Waals surface area contributed by atoms with E-state index in [1.54, 1.807) is 7.11 Å². The van der Waals surface area contributed by atoms with E-state index < -0.39 is 0 Å². The molecule has 1 saturated heterocycles. The van der Waals surface area contributed by atoms with Crippen molar-refractivity contribution >= 4 is 9.76 Å². The topological polar surface area (TPSA) is 80.8 Å². The Morgan fingerprint density at radius 3 is 2.64 bits per heavy atom. The number of hydrogen-bond acceptors (Lipinski definition) is 6. The van der Waals surface area contributed by atoms with Crippen LogP contribution < -0.4 is 10.5 Å². The van der Waals surface area contributed by atoms with Crippen LogP contribution in [-0.2, 0) is 16.4 Å². The average molecular weight is 468 g/mol. The van der Waals surface area contributed by atoms with Crippen molar-refractivity contribution in [1.29, 1.82) is 0 Å². The lowest BCUT2D eigenvalue weighted by molar-refractivity contribution is 0.104. The molecule has 0 unspecified atom stereocenters. The van der Waals surface area contributed by atoms with Gasteiger partial charge in [0.2, 0.25) is 9.76 Å². The molecule has 2 radical (unpaired) electrons. The quantitative estimate of drug-likeness (QED) is 0.638. The molecule has 2 aliphatic rings. The molecule has 0 amide bonds. The zero-order chi connectivity index (χ0) is 24.0. The maximum Gasteiger partial charge on any atom is 0.236 e. The summed E-state index contributed by atoms with van der Waals surface area (Å²) in [7, 11) is 2.01. The molecular weight excluding hydrogens is 430 g/mol. The molecule has 178 valence electrons. The largest absolute Gasteiger partial charge is 0.504 e. The molecule has 0 bridgehead atoms. The SMILES string of the molecule is COc1cc2c(cc1O)CCN1C[C@@H](c3cc(C(C)(C)O[Si]C(C)(C)C)ccn3)[C@H](N)C[C@H]21. The van der Waals surface area contributed by atoms with Crippen LogP contribution in [0, 0.1) is 0 Å². The average Bonchev–Trinajstić information content (AvgIpc) is 2.76. The summed E-state index contributed by atoms with van der Waals surface area (Å²) < 4.78 is 11.7. The number of ether oxygens (including phenoxy) is 1. The summed E-state index contributed by atoms with van der Waals surface area (Å²) in [4.78, 5) is 7.26. The van der Waals surface area contributed by atoms with Gasteiger partial charge in [-0.05, 0) is 72.7 Å². The van der Waals surface area contributed by atoms with Crippen LogP contribution >= 0.6 is 0 Å². The molecule has 7 heteroatoms. The van der Waals surface area contributed by atoms with Gasteiger partial charge in [-0.1, -0.05) is 20.8 Å². The normalized spacial score (nSPS) is 23.7. The van der Waals surface area contributed by atoms with Gasteiger partial charge in [0, 0.05) is 43.0 Å². The standard InChI is InChI=1S/C26H37N3O3Si/c1-25(2,3)33-32-26(4,5)17-7-9-28-21(12-17)19-15-29-10-8-16-11-23(30)24(31-6)13-18(16)22(29)14-20(19)27/h7,9,11-13,19-20,22,30H,8,10,14-15,27H2,1-6H3/t19-,20-,22-/m1/s1. The molecule has 4 rings (SSSR count). The van der Waals surface area contributed by atoms with Gasteiger partial charge in [-0.15, -0.1) is 0 Å². The van der Waals surface area contributed by atoms with E-state index in [2.05, 4.69) is 51.7 Å². The number of methoxy groups -OCH3 is 1. The Morgan fingerprint density at radius 1 is 1.18 bits per heavy atom. The molecule has 3 N–H and O–H groups in total. The van der Waals surface area contributed by atoms with Gasteiger partial charge >= 0.3 is 0 Å². The van der Waals surface area contributed by atoms with Crippen LogP contribution in [0.15, 0.2) is 30.5 Å². The maximum absolute atomic E-state index is 10.2. The number of hydrogen-bond donors (Lipinski definition) is 2. The second-order valence-electron chi connectivity index (χ2n) is 10.9. The van der Waals surface area contributed by atoms with Gasteiger partial charge in [0.1, 0.15) is 0 Å². The van der Waals surface area contributed by atoms with Crippen LogP contribution in [0.25, 0.3) is 0 Å². The molecule has 1 aromatic carbocycles. The minimum atomic E-state index is -0.382. The minimum Gasteiger partial charge on any atom is -0.504 e. The Balaban J connectivity index is 1.55. The first-order valence-corrected chi connectivity index (χ1v) is 12.7. The highest BCUT2D eigenvalue weighted by molar-refractivity contribution is 6.31. The number of phenols is 1. The lowest BCUT2D eigenvalue weighted by Gasteiger charge is -2.46. The van der Waals surface area contributed by atoms with Crippen molar-refractivity contribution in [3.8, 4) is 11.5 Å². The maximum atomic E-state index is 10.2. The van der Waals surface area contributed by atoms with E-state index in [1.807, 2.05) is 18.3 Å². The number of pyridine rings is 1. The Hall–Kier alpha value is -1.93. The Bertz CT molecular complexity index is 1000. The smallest absolute Gasteiger partial charge is 0.236 e. The molecular formula is C26H37N3O3Si. The second-order valence-corrected chi connectivity index (χ2v) is 12.8. The summed E-state index contributed by atoms with van der Waals surface area (Å²) in [6, 6.07) is 8.34. The van der Waals surface area contributed by atoms with Crippen molar-refractivity contribution in [3.63, 3.8) is 0 Å². The highest BCUT2D eigenvalue weighted by atomic mass is 28.2. The fourth-order valence-corrected chi connectivity index (χ4v) is 5.60. The summed E-state index contributed by atoms with van der Waals surface area (Å²) >= 11 is 0. The third-order valence-electron chi connectivity index (χ3n) is 6.82. The summed E-state index contributed by atoms with van der Waals surface area (Å²) in [5, 5.41) is 10.3. The molecule has 3 atom stereocenters. The second kappa shape index (κ2) is 9.02. The third kappa shape index (κ3) is 5.11. The van der Waals surface area contributed by atoms with E-state index in [0.717, 1.165) is 37.2 Å². The molecule has 6 nitrogen and oxygen atoms in total. The zero-order valence-corrected chi connectivity index (χ0v) is 21.7. The van der Waals surface area contributed by atoms with E-state index in [0.29, 0.717) is 15.5 Å². The van der Waals surface area contributed by atoms with E-state index in [4.69, 9.17) is 19.9 Å². The molecule has 33 heavy (non-hydrogen) atoms. The first-order valence-electron chi connectivity index (χ1n) is 11.8. The monoisotopic (exact) mass is 467 g/mol. The molecule has 1 aromatic heterocycles.